The van der Waals surface area contributed by atoms with E-state index >= 15 is 0 Å². The highest BCUT2D eigenvalue weighted by molar-refractivity contribution is 6.06. The molecular formula is C22H30N5O+. The van der Waals surface area contributed by atoms with Crippen molar-refractivity contribution in [3.8, 4) is 0 Å². The lowest BCUT2D eigenvalue weighted by Gasteiger charge is -2.32. The summed E-state index contributed by atoms with van der Waals surface area (Å²) in [4.78, 5) is 18.3. The maximum atomic E-state index is 6.36. The van der Waals surface area contributed by atoms with Gasteiger partial charge in [0.05, 0.1) is 38.1 Å². The van der Waals surface area contributed by atoms with E-state index in [-0.39, 0.29) is 0 Å². The summed E-state index contributed by atoms with van der Waals surface area (Å²) in [5.41, 5.74) is 6.68. The fourth-order valence-corrected chi connectivity index (χ4v) is 4.98. The molecule has 1 saturated heterocycles. The average Bonchev–Trinajstić information content (AvgIpc) is 3.13. The van der Waals surface area contributed by atoms with Crippen LogP contribution in [0.4, 0.5) is 5.82 Å². The van der Waals surface area contributed by atoms with Crippen LogP contribution in [0.5, 0.6) is 0 Å². The number of piperazine rings is 1. The number of quaternary nitrogens is 1. The van der Waals surface area contributed by atoms with Gasteiger partial charge in [0.25, 0.3) is 0 Å². The Morgan fingerprint density at radius 1 is 1.07 bits per heavy atom. The Balaban J connectivity index is 1.66. The van der Waals surface area contributed by atoms with E-state index in [1.807, 2.05) is 0 Å². The number of hydrogen-bond acceptors (Lipinski definition) is 5. The van der Waals surface area contributed by atoms with Gasteiger partial charge in [0.15, 0.2) is 11.4 Å². The first-order chi connectivity index (χ1) is 13.8. The van der Waals surface area contributed by atoms with Crippen molar-refractivity contribution in [2.75, 3.05) is 37.6 Å². The highest BCUT2D eigenvalue weighted by Gasteiger charge is 2.27. The third-order valence-corrected chi connectivity index (χ3v) is 6.55. The number of aryl methyl sites for hydroxylation is 2. The van der Waals surface area contributed by atoms with Gasteiger partial charge in [-0.05, 0) is 50.2 Å². The number of aromatic nitrogens is 3. The van der Waals surface area contributed by atoms with Gasteiger partial charge in [-0.15, -0.1) is 0 Å². The van der Waals surface area contributed by atoms with E-state index in [0.717, 1.165) is 79.9 Å². The fourth-order valence-electron chi connectivity index (χ4n) is 4.98. The van der Waals surface area contributed by atoms with E-state index in [9.17, 15) is 0 Å². The molecule has 28 heavy (non-hydrogen) atoms. The molecule has 1 aliphatic carbocycles. The SMILES string of the molecule is CCCc1nc2oc3c(N4CC[NH+](CC)CC4)ncnc3c2c2c1CCCC2. The first-order valence-electron chi connectivity index (χ1n) is 11.0. The second kappa shape index (κ2) is 7.32. The Morgan fingerprint density at radius 2 is 1.86 bits per heavy atom. The van der Waals surface area contributed by atoms with Crippen LogP contribution in [0.15, 0.2) is 10.7 Å². The number of anilines is 1. The molecule has 5 rings (SSSR count). The van der Waals surface area contributed by atoms with Crippen LogP contribution in [-0.2, 0) is 19.3 Å². The molecule has 3 aromatic heterocycles. The molecular weight excluding hydrogens is 350 g/mol. The number of likely N-dealkylation sites (N-methyl/N-ethyl adjacent to an activating group) is 1. The molecule has 0 radical (unpaired) electrons. The molecule has 1 fully saturated rings. The highest BCUT2D eigenvalue weighted by Crippen LogP contribution is 2.38. The predicted octanol–water partition coefficient (Wildman–Crippen LogP) is 2.33. The third kappa shape index (κ3) is 2.85. The number of nitrogens with one attached hydrogen (secondary N) is 1. The molecule has 0 bridgehead atoms. The highest BCUT2D eigenvalue weighted by atomic mass is 16.3. The Hall–Kier alpha value is -2.21. The minimum Gasteiger partial charge on any atom is -0.432 e. The second-order valence-corrected chi connectivity index (χ2v) is 8.22. The van der Waals surface area contributed by atoms with Crippen molar-refractivity contribution < 1.29 is 9.32 Å². The van der Waals surface area contributed by atoms with Crippen LogP contribution in [0.2, 0.25) is 0 Å². The fraction of sp³-hybridized carbons (Fsp3) is 0.591. The van der Waals surface area contributed by atoms with Gasteiger partial charge < -0.3 is 14.2 Å². The molecule has 148 valence electrons. The summed E-state index contributed by atoms with van der Waals surface area (Å²) < 4.78 is 6.36. The minimum absolute atomic E-state index is 0.763. The summed E-state index contributed by atoms with van der Waals surface area (Å²) in [5.74, 6) is 0.944. The number of fused-ring (bicyclic) bond motifs is 5. The normalized spacial score (nSPS) is 18.1. The molecule has 6 nitrogen and oxygen atoms in total. The van der Waals surface area contributed by atoms with Gasteiger partial charge in [0.2, 0.25) is 5.71 Å². The lowest BCUT2D eigenvalue weighted by atomic mass is 9.88. The maximum absolute atomic E-state index is 6.36. The van der Waals surface area contributed by atoms with Crippen molar-refractivity contribution in [2.45, 2.75) is 52.4 Å². The van der Waals surface area contributed by atoms with Crippen molar-refractivity contribution in [2.24, 2.45) is 0 Å². The van der Waals surface area contributed by atoms with Gasteiger partial charge in [-0.25, -0.2) is 15.0 Å². The summed E-state index contributed by atoms with van der Waals surface area (Å²) in [5, 5.41) is 1.14. The van der Waals surface area contributed by atoms with E-state index < -0.39 is 0 Å². The van der Waals surface area contributed by atoms with Gasteiger partial charge in [-0.1, -0.05) is 13.3 Å². The van der Waals surface area contributed by atoms with Gasteiger partial charge in [0, 0.05) is 5.69 Å². The van der Waals surface area contributed by atoms with Crippen LogP contribution in [-0.4, -0.2) is 47.7 Å². The molecule has 1 aliphatic heterocycles. The third-order valence-electron chi connectivity index (χ3n) is 6.55. The number of hydrogen-bond donors (Lipinski definition) is 1. The average molecular weight is 381 g/mol. The van der Waals surface area contributed by atoms with E-state index in [1.165, 1.54) is 36.2 Å². The van der Waals surface area contributed by atoms with Crippen LogP contribution in [0.3, 0.4) is 0 Å². The van der Waals surface area contributed by atoms with Crippen molar-refractivity contribution in [1.29, 1.82) is 0 Å². The molecule has 3 aromatic rings. The first kappa shape index (κ1) is 17.9. The van der Waals surface area contributed by atoms with Crippen LogP contribution < -0.4 is 9.80 Å². The molecule has 0 spiro atoms. The summed E-state index contributed by atoms with van der Waals surface area (Å²) in [6, 6.07) is 0. The number of nitrogens with zero attached hydrogens (tertiary/aromatic N) is 4. The van der Waals surface area contributed by atoms with E-state index in [1.54, 1.807) is 11.2 Å². The Morgan fingerprint density at radius 3 is 2.61 bits per heavy atom. The molecule has 1 N–H and O–H groups in total. The Bertz CT molecular complexity index is 1000. The van der Waals surface area contributed by atoms with Crippen molar-refractivity contribution in [1.82, 2.24) is 15.0 Å². The quantitative estimate of drug-likeness (QED) is 0.753. The summed E-state index contributed by atoms with van der Waals surface area (Å²) >= 11 is 0. The number of furan rings is 1. The monoisotopic (exact) mass is 380 g/mol. The number of pyridine rings is 1. The topological polar surface area (TPSA) is 59.5 Å². The number of rotatable bonds is 4. The first-order valence-corrected chi connectivity index (χ1v) is 11.0. The molecule has 2 aliphatic rings. The van der Waals surface area contributed by atoms with Crippen molar-refractivity contribution >= 4 is 28.0 Å². The lowest BCUT2D eigenvalue weighted by molar-refractivity contribution is -0.898. The van der Waals surface area contributed by atoms with Crippen LogP contribution in [0.1, 0.15) is 49.9 Å². The van der Waals surface area contributed by atoms with E-state index in [0.29, 0.717) is 0 Å². The zero-order chi connectivity index (χ0) is 19.1. The molecule has 6 heteroatoms. The van der Waals surface area contributed by atoms with Crippen LogP contribution in [0.25, 0.3) is 22.2 Å². The zero-order valence-electron chi connectivity index (χ0n) is 17.1. The van der Waals surface area contributed by atoms with Crippen LogP contribution >= 0.6 is 0 Å². The lowest BCUT2D eigenvalue weighted by Crippen LogP contribution is -3.14. The van der Waals surface area contributed by atoms with Gasteiger partial charge >= 0.3 is 0 Å². The molecule has 0 amide bonds. The van der Waals surface area contributed by atoms with E-state index in [2.05, 4.69) is 28.7 Å². The van der Waals surface area contributed by atoms with Gasteiger partial charge in [-0.3, -0.25) is 0 Å². The Kier molecular flexibility index (Phi) is 4.67. The van der Waals surface area contributed by atoms with Gasteiger partial charge in [-0.2, -0.15) is 0 Å². The molecule has 4 heterocycles. The second-order valence-electron chi connectivity index (χ2n) is 8.22. The summed E-state index contributed by atoms with van der Waals surface area (Å²) in [6.45, 7) is 10.00. The van der Waals surface area contributed by atoms with Gasteiger partial charge in [0.1, 0.15) is 11.8 Å². The van der Waals surface area contributed by atoms with Crippen LogP contribution in [0, 0.1) is 0 Å². The standard InChI is InChI=1S/C22H29N5O/c1-3-7-17-15-8-5-6-9-16(15)18-19-20(28-22(18)25-17)21(24-14-23-19)27-12-10-26(4-2)11-13-27/h14H,3-13H2,1-2H3/p+1. The largest absolute Gasteiger partial charge is 0.432 e. The van der Waals surface area contributed by atoms with E-state index in [4.69, 9.17) is 9.40 Å². The molecule has 0 unspecified atom stereocenters. The predicted molar refractivity (Wildman–Crippen MR) is 111 cm³/mol. The summed E-state index contributed by atoms with van der Waals surface area (Å²) in [6.07, 6.45) is 8.59. The molecule has 0 aromatic carbocycles. The minimum atomic E-state index is 0.763. The van der Waals surface area contributed by atoms with Crippen molar-refractivity contribution in [3.05, 3.63) is 23.1 Å². The molecule has 0 saturated carbocycles. The Labute approximate surface area is 166 Å². The summed E-state index contributed by atoms with van der Waals surface area (Å²) in [7, 11) is 0. The maximum Gasteiger partial charge on any atom is 0.229 e. The molecule has 0 atom stereocenters. The van der Waals surface area contributed by atoms with Crippen molar-refractivity contribution in [3.63, 3.8) is 0 Å². The zero-order valence-corrected chi connectivity index (χ0v) is 17.1. The smallest absolute Gasteiger partial charge is 0.229 e.